The van der Waals surface area contributed by atoms with Crippen LogP contribution in [0.25, 0.3) is 0 Å². The van der Waals surface area contributed by atoms with Crippen molar-refractivity contribution < 1.29 is 26.4 Å². The first-order chi connectivity index (χ1) is 10.5. The standard InChI is InChI=1S/C14H15ClF3NO3S/c1-19(13(20)10-6-7-23(21,22)8-10)12(14(16,17)18)9-2-4-11(15)5-3-9/h2-5,10,12H,6-8H2,1H3. The van der Waals surface area contributed by atoms with Gasteiger partial charge in [-0.05, 0) is 24.1 Å². The van der Waals surface area contributed by atoms with Crippen LogP contribution in [0.15, 0.2) is 24.3 Å². The molecule has 1 aromatic carbocycles. The summed E-state index contributed by atoms with van der Waals surface area (Å²) in [6.45, 7) is 0. The third-order valence-corrected chi connectivity index (χ3v) is 5.83. The van der Waals surface area contributed by atoms with E-state index in [1.165, 1.54) is 24.3 Å². The summed E-state index contributed by atoms with van der Waals surface area (Å²) in [7, 11) is -2.31. The molecule has 0 spiro atoms. The molecule has 23 heavy (non-hydrogen) atoms. The van der Waals surface area contributed by atoms with Gasteiger partial charge in [-0.3, -0.25) is 4.79 Å². The first-order valence-corrected chi connectivity index (χ1v) is 9.00. The van der Waals surface area contributed by atoms with Crippen molar-refractivity contribution in [3.8, 4) is 0 Å². The number of carbonyl (C=O) groups excluding carboxylic acids is 1. The number of sulfone groups is 1. The molecule has 2 rings (SSSR count). The van der Waals surface area contributed by atoms with Gasteiger partial charge in [0, 0.05) is 12.1 Å². The van der Waals surface area contributed by atoms with E-state index in [0.717, 1.165) is 7.05 Å². The fourth-order valence-corrected chi connectivity index (χ4v) is 4.54. The van der Waals surface area contributed by atoms with Gasteiger partial charge in [0.1, 0.15) is 0 Å². The highest BCUT2D eigenvalue weighted by Crippen LogP contribution is 2.38. The molecule has 1 saturated heterocycles. The van der Waals surface area contributed by atoms with Crippen molar-refractivity contribution in [2.75, 3.05) is 18.6 Å². The zero-order valence-corrected chi connectivity index (χ0v) is 13.7. The SMILES string of the molecule is CN(C(=O)C1CCS(=O)(=O)C1)C(c1ccc(Cl)cc1)C(F)(F)F. The van der Waals surface area contributed by atoms with Crippen LogP contribution in [0.1, 0.15) is 18.0 Å². The van der Waals surface area contributed by atoms with Gasteiger partial charge in [0.25, 0.3) is 0 Å². The minimum absolute atomic E-state index is 0.0523. The summed E-state index contributed by atoms with van der Waals surface area (Å²) in [5.41, 5.74) is -0.126. The number of rotatable bonds is 3. The van der Waals surface area contributed by atoms with Crippen LogP contribution in [0.3, 0.4) is 0 Å². The average Bonchev–Trinajstić information content (AvgIpc) is 2.79. The maximum absolute atomic E-state index is 13.4. The minimum Gasteiger partial charge on any atom is -0.330 e. The van der Waals surface area contributed by atoms with Crippen LogP contribution in [0, 0.1) is 5.92 Å². The van der Waals surface area contributed by atoms with Crippen molar-refractivity contribution in [3.05, 3.63) is 34.9 Å². The van der Waals surface area contributed by atoms with Crippen LogP contribution in [0.4, 0.5) is 13.2 Å². The fourth-order valence-electron chi connectivity index (χ4n) is 2.68. The number of carbonyl (C=O) groups is 1. The Bertz CT molecular complexity index is 688. The molecule has 9 heteroatoms. The van der Waals surface area contributed by atoms with Crippen molar-refractivity contribution in [2.45, 2.75) is 18.6 Å². The van der Waals surface area contributed by atoms with Crippen LogP contribution in [-0.2, 0) is 14.6 Å². The van der Waals surface area contributed by atoms with Crippen LogP contribution >= 0.6 is 11.6 Å². The van der Waals surface area contributed by atoms with E-state index in [1.54, 1.807) is 0 Å². The summed E-state index contributed by atoms with van der Waals surface area (Å²) in [6, 6.07) is 2.89. The van der Waals surface area contributed by atoms with Gasteiger partial charge in [-0.1, -0.05) is 23.7 Å². The molecule has 0 aromatic heterocycles. The first kappa shape index (κ1) is 18.1. The van der Waals surface area contributed by atoms with E-state index in [4.69, 9.17) is 11.6 Å². The zero-order valence-electron chi connectivity index (χ0n) is 12.2. The maximum Gasteiger partial charge on any atom is 0.413 e. The summed E-state index contributed by atoms with van der Waals surface area (Å²) in [5.74, 6) is -2.32. The topological polar surface area (TPSA) is 54.5 Å². The number of hydrogen-bond acceptors (Lipinski definition) is 3. The first-order valence-electron chi connectivity index (χ1n) is 6.80. The van der Waals surface area contributed by atoms with Crippen molar-refractivity contribution in [1.29, 1.82) is 0 Å². The number of alkyl halides is 3. The summed E-state index contributed by atoms with van der Waals surface area (Å²) < 4.78 is 63.1. The van der Waals surface area contributed by atoms with Crippen molar-refractivity contribution in [2.24, 2.45) is 5.92 Å². The fraction of sp³-hybridized carbons (Fsp3) is 0.500. The van der Waals surface area contributed by atoms with Crippen LogP contribution in [0.2, 0.25) is 5.02 Å². The Morgan fingerprint density at radius 2 is 1.87 bits per heavy atom. The quantitative estimate of drug-likeness (QED) is 0.823. The van der Waals surface area contributed by atoms with E-state index in [-0.39, 0.29) is 22.8 Å². The highest BCUT2D eigenvalue weighted by atomic mass is 35.5. The Hall–Kier alpha value is -1.28. The van der Waals surface area contributed by atoms with Gasteiger partial charge in [0.15, 0.2) is 15.9 Å². The van der Waals surface area contributed by atoms with Crippen molar-refractivity contribution in [1.82, 2.24) is 4.90 Å². The smallest absolute Gasteiger partial charge is 0.330 e. The molecule has 4 nitrogen and oxygen atoms in total. The Morgan fingerprint density at radius 3 is 2.30 bits per heavy atom. The molecule has 0 radical (unpaired) electrons. The number of hydrogen-bond donors (Lipinski definition) is 0. The molecule has 1 fully saturated rings. The van der Waals surface area contributed by atoms with Crippen molar-refractivity contribution >= 4 is 27.3 Å². The molecular formula is C14H15ClF3NO3S. The summed E-state index contributed by atoms with van der Waals surface area (Å²) in [5, 5.41) is 0.283. The second-order valence-electron chi connectivity index (χ2n) is 5.54. The van der Waals surface area contributed by atoms with E-state index in [0.29, 0.717) is 4.90 Å². The predicted octanol–water partition coefficient (Wildman–Crippen LogP) is 2.84. The minimum atomic E-state index is -4.68. The number of amides is 1. The summed E-state index contributed by atoms with van der Waals surface area (Å²) in [4.78, 5) is 12.9. The summed E-state index contributed by atoms with van der Waals surface area (Å²) in [6.07, 6.45) is -4.63. The lowest BCUT2D eigenvalue weighted by Crippen LogP contribution is -2.42. The van der Waals surface area contributed by atoms with Crippen LogP contribution in [-0.4, -0.2) is 44.0 Å². The van der Waals surface area contributed by atoms with Gasteiger partial charge in [0.2, 0.25) is 5.91 Å². The van der Waals surface area contributed by atoms with Gasteiger partial charge in [0.05, 0.1) is 17.4 Å². The normalized spacial score (nSPS) is 21.9. The third kappa shape index (κ3) is 4.17. The van der Waals surface area contributed by atoms with Gasteiger partial charge in [-0.2, -0.15) is 13.2 Å². The molecule has 1 aromatic rings. The average molecular weight is 370 g/mol. The molecule has 128 valence electrons. The molecule has 1 aliphatic heterocycles. The van der Waals surface area contributed by atoms with Gasteiger partial charge in [-0.15, -0.1) is 0 Å². The number of benzene rings is 1. The van der Waals surface area contributed by atoms with Gasteiger partial charge in [-0.25, -0.2) is 8.42 Å². The molecule has 0 aliphatic carbocycles. The van der Waals surface area contributed by atoms with E-state index < -0.39 is 39.6 Å². The molecule has 2 atom stereocenters. The third-order valence-electron chi connectivity index (χ3n) is 3.81. The Balaban J connectivity index is 2.29. The Kier molecular flexibility index (Phi) is 4.96. The monoisotopic (exact) mass is 369 g/mol. The maximum atomic E-state index is 13.4. The molecule has 0 N–H and O–H groups in total. The van der Waals surface area contributed by atoms with E-state index >= 15 is 0 Å². The zero-order chi connectivity index (χ0) is 17.4. The molecule has 0 saturated carbocycles. The lowest BCUT2D eigenvalue weighted by molar-refractivity contribution is -0.190. The second kappa shape index (κ2) is 6.32. The molecular weight excluding hydrogens is 355 g/mol. The largest absolute Gasteiger partial charge is 0.413 e. The lowest BCUT2D eigenvalue weighted by Gasteiger charge is -2.32. The van der Waals surface area contributed by atoms with E-state index in [1.807, 2.05) is 0 Å². The molecule has 1 aliphatic rings. The molecule has 1 heterocycles. The highest BCUT2D eigenvalue weighted by Gasteiger charge is 2.47. The molecule has 2 unspecified atom stereocenters. The Morgan fingerprint density at radius 1 is 1.30 bits per heavy atom. The lowest BCUT2D eigenvalue weighted by atomic mass is 10.0. The predicted molar refractivity (Wildman–Crippen MR) is 79.8 cm³/mol. The van der Waals surface area contributed by atoms with Gasteiger partial charge < -0.3 is 4.90 Å². The summed E-state index contributed by atoms with van der Waals surface area (Å²) >= 11 is 5.68. The Labute approximate surface area is 137 Å². The number of nitrogens with zero attached hydrogens (tertiary/aromatic N) is 1. The van der Waals surface area contributed by atoms with E-state index in [2.05, 4.69) is 0 Å². The number of halogens is 4. The highest BCUT2D eigenvalue weighted by molar-refractivity contribution is 7.91. The second-order valence-corrected chi connectivity index (χ2v) is 8.21. The molecule has 1 amide bonds. The van der Waals surface area contributed by atoms with Crippen LogP contribution < -0.4 is 0 Å². The van der Waals surface area contributed by atoms with E-state index in [9.17, 15) is 26.4 Å². The van der Waals surface area contributed by atoms with Crippen LogP contribution in [0.5, 0.6) is 0 Å². The molecule has 0 bridgehead atoms. The van der Waals surface area contributed by atoms with Gasteiger partial charge >= 0.3 is 6.18 Å². The van der Waals surface area contributed by atoms with Crippen molar-refractivity contribution in [3.63, 3.8) is 0 Å².